The number of nitrogens with zero attached hydrogens (tertiary/aromatic N) is 2. The number of nitrogens with one attached hydrogen (secondary N) is 1. The van der Waals surface area contributed by atoms with Crippen LogP contribution >= 0.6 is 0 Å². The summed E-state index contributed by atoms with van der Waals surface area (Å²) < 4.78 is 44.8. The van der Waals surface area contributed by atoms with Gasteiger partial charge < -0.3 is 19.2 Å². The van der Waals surface area contributed by atoms with Crippen molar-refractivity contribution >= 4 is 16.8 Å². The number of pyridine rings is 3. The van der Waals surface area contributed by atoms with E-state index in [9.17, 15) is 14.0 Å². The highest BCUT2D eigenvalue weighted by Gasteiger charge is 2.23. The number of benzene rings is 2. The van der Waals surface area contributed by atoms with E-state index in [1.165, 1.54) is 56.8 Å². The molecule has 0 aliphatic rings. The normalized spacial score (nSPS) is 11.0. The van der Waals surface area contributed by atoms with Crippen molar-refractivity contribution in [1.29, 1.82) is 0 Å². The molecule has 2 aromatic carbocycles. The lowest BCUT2D eigenvalue weighted by molar-refractivity contribution is 0.0986. The summed E-state index contributed by atoms with van der Waals surface area (Å²) in [6, 6.07) is 14.5. The Morgan fingerprint density at radius 3 is 2.46 bits per heavy atom. The standard InChI is InChI=1S/C31H25F2N3O5/c1-17-28(19-5-7-20(32)8-6-19)31(38)29(23(35-17)16-39-2)24(37)15-18-4-10-25(21(33)14-18)41-26-12-13-34-22-9-11-27(40-3)36-30(22)26/h4-14H,15-16H2,1-3H3,(H,35,38). The summed E-state index contributed by atoms with van der Waals surface area (Å²) in [6.45, 7) is 1.68. The molecule has 3 heterocycles. The third-order valence-electron chi connectivity index (χ3n) is 6.48. The molecule has 0 bridgehead atoms. The second kappa shape index (κ2) is 11.6. The van der Waals surface area contributed by atoms with Gasteiger partial charge in [-0.3, -0.25) is 14.6 Å². The molecule has 41 heavy (non-hydrogen) atoms. The molecule has 10 heteroatoms. The van der Waals surface area contributed by atoms with Crippen LogP contribution in [0.4, 0.5) is 8.78 Å². The first kappa shape index (κ1) is 27.6. The number of halogens is 2. The number of rotatable bonds is 9. The molecule has 5 aromatic rings. The van der Waals surface area contributed by atoms with Crippen molar-refractivity contribution in [2.75, 3.05) is 14.2 Å². The fourth-order valence-electron chi connectivity index (χ4n) is 4.60. The van der Waals surface area contributed by atoms with Gasteiger partial charge in [0.05, 0.1) is 30.5 Å². The maximum Gasteiger partial charge on any atom is 0.213 e. The van der Waals surface area contributed by atoms with Gasteiger partial charge in [-0.25, -0.2) is 13.8 Å². The van der Waals surface area contributed by atoms with Gasteiger partial charge in [0.25, 0.3) is 0 Å². The highest BCUT2D eigenvalue weighted by molar-refractivity contribution is 5.99. The molecule has 0 radical (unpaired) electrons. The molecule has 8 nitrogen and oxygen atoms in total. The van der Waals surface area contributed by atoms with E-state index < -0.39 is 22.8 Å². The predicted octanol–water partition coefficient (Wildman–Crippen LogP) is 5.94. The van der Waals surface area contributed by atoms with Crippen LogP contribution in [0.25, 0.3) is 22.2 Å². The summed E-state index contributed by atoms with van der Waals surface area (Å²) in [6.07, 6.45) is 1.27. The van der Waals surface area contributed by atoms with Crippen molar-refractivity contribution in [2.24, 2.45) is 0 Å². The monoisotopic (exact) mass is 557 g/mol. The Kier molecular flexibility index (Phi) is 7.84. The third-order valence-corrected chi connectivity index (χ3v) is 6.48. The minimum Gasteiger partial charge on any atom is -0.481 e. The smallest absolute Gasteiger partial charge is 0.213 e. The highest BCUT2D eigenvalue weighted by Crippen LogP contribution is 2.31. The van der Waals surface area contributed by atoms with Crippen LogP contribution in [0.15, 0.2) is 71.7 Å². The van der Waals surface area contributed by atoms with Crippen LogP contribution in [0.1, 0.15) is 27.3 Å². The van der Waals surface area contributed by atoms with E-state index in [1.807, 2.05) is 0 Å². The first-order chi connectivity index (χ1) is 19.8. The maximum atomic E-state index is 15.2. The largest absolute Gasteiger partial charge is 0.481 e. The molecule has 0 aliphatic heterocycles. The quantitative estimate of drug-likeness (QED) is 0.224. The van der Waals surface area contributed by atoms with E-state index in [4.69, 9.17) is 14.2 Å². The van der Waals surface area contributed by atoms with Crippen LogP contribution in [0.3, 0.4) is 0 Å². The van der Waals surface area contributed by atoms with Crippen molar-refractivity contribution in [2.45, 2.75) is 20.0 Å². The van der Waals surface area contributed by atoms with Crippen LogP contribution in [0, 0.1) is 18.6 Å². The number of H-pyrrole nitrogens is 1. The molecule has 3 aromatic heterocycles. The Hall–Kier alpha value is -4.96. The van der Waals surface area contributed by atoms with Crippen LogP contribution in [0.2, 0.25) is 0 Å². The Bertz CT molecular complexity index is 1820. The zero-order chi connectivity index (χ0) is 29.1. The average molecular weight is 558 g/mol. The predicted molar refractivity (Wildman–Crippen MR) is 149 cm³/mol. The number of carbonyl (C=O) groups excluding carboxylic acids is 1. The summed E-state index contributed by atoms with van der Waals surface area (Å²) in [5, 5.41) is 0. The van der Waals surface area contributed by atoms with E-state index in [2.05, 4.69) is 15.0 Å². The SMILES string of the molecule is COCc1[nH]c(C)c(-c2ccc(F)cc2)c(=O)c1C(=O)Cc1ccc(Oc2ccnc3ccc(OC)nc23)c(F)c1. The summed E-state index contributed by atoms with van der Waals surface area (Å²) >= 11 is 0. The third kappa shape index (κ3) is 5.68. The molecular formula is C31H25F2N3O5. The van der Waals surface area contributed by atoms with E-state index in [1.54, 1.807) is 31.2 Å². The second-order valence-electron chi connectivity index (χ2n) is 9.24. The first-order valence-electron chi connectivity index (χ1n) is 12.6. The van der Waals surface area contributed by atoms with Crippen LogP contribution in [-0.4, -0.2) is 35.0 Å². The summed E-state index contributed by atoms with van der Waals surface area (Å²) in [5.41, 5.74) is 2.19. The lowest BCUT2D eigenvalue weighted by atomic mass is 9.95. The number of hydrogen-bond donors (Lipinski definition) is 1. The number of fused-ring (bicyclic) bond motifs is 1. The summed E-state index contributed by atoms with van der Waals surface area (Å²) in [7, 11) is 2.93. The Morgan fingerprint density at radius 2 is 1.76 bits per heavy atom. The van der Waals surface area contributed by atoms with Gasteiger partial charge in [-0.05, 0) is 48.4 Å². The molecule has 0 unspecified atom stereocenters. The van der Waals surface area contributed by atoms with Gasteiger partial charge in [-0.1, -0.05) is 18.2 Å². The van der Waals surface area contributed by atoms with Gasteiger partial charge >= 0.3 is 0 Å². The van der Waals surface area contributed by atoms with Gasteiger partial charge in [0.1, 0.15) is 11.3 Å². The van der Waals surface area contributed by atoms with Crippen LogP contribution in [0.5, 0.6) is 17.4 Å². The molecule has 5 rings (SSSR count). The van der Waals surface area contributed by atoms with Crippen LogP contribution < -0.4 is 14.9 Å². The molecule has 0 aliphatic carbocycles. The van der Waals surface area contributed by atoms with E-state index in [0.29, 0.717) is 39.4 Å². The number of hydrogen-bond acceptors (Lipinski definition) is 7. The van der Waals surface area contributed by atoms with E-state index in [0.717, 1.165) is 0 Å². The molecule has 0 amide bonds. The van der Waals surface area contributed by atoms with Gasteiger partial charge in [0.2, 0.25) is 11.3 Å². The van der Waals surface area contributed by atoms with Gasteiger partial charge in [0, 0.05) is 43.1 Å². The number of aromatic nitrogens is 3. The average Bonchev–Trinajstić information content (AvgIpc) is 2.95. The highest BCUT2D eigenvalue weighted by atomic mass is 19.1. The second-order valence-corrected chi connectivity index (χ2v) is 9.24. The minimum absolute atomic E-state index is 0.0132. The van der Waals surface area contributed by atoms with Crippen molar-refractivity contribution < 1.29 is 27.8 Å². The maximum absolute atomic E-state index is 15.2. The van der Waals surface area contributed by atoms with Gasteiger partial charge in [0.15, 0.2) is 23.1 Å². The van der Waals surface area contributed by atoms with Crippen molar-refractivity contribution in [3.63, 3.8) is 0 Å². The number of Topliss-reactive ketones (excluding diaryl/α,β-unsaturated/α-hetero) is 1. The number of methoxy groups -OCH3 is 2. The lowest BCUT2D eigenvalue weighted by Gasteiger charge is -2.14. The number of ketones is 1. The fourth-order valence-corrected chi connectivity index (χ4v) is 4.60. The zero-order valence-electron chi connectivity index (χ0n) is 22.5. The molecule has 0 saturated heterocycles. The minimum atomic E-state index is -0.704. The van der Waals surface area contributed by atoms with Crippen molar-refractivity contribution in [3.05, 3.63) is 111 Å². The molecule has 0 saturated carbocycles. The molecule has 1 N–H and O–H groups in total. The number of aryl methyl sites for hydroxylation is 1. The number of aromatic amines is 1. The molecule has 208 valence electrons. The van der Waals surface area contributed by atoms with E-state index >= 15 is 4.39 Å². The number of ether oxygens (including phenoxy) is 3. The molecule has 0 atom stereocenters. The molecular weight excluding hydrogens is 532 g/mol. The molecule has 0 fully saturated rings. The summed E-state index contributed by atoms with van der Waals surface area (Å²) in [5.74, 6) is -1.12. The molecule has 0 spiro atoms. The fraction of sp³-hybridized carbons (Fsp3) is 0.161. The van der Waals surface area contributed by atoms with Crippen molar-refractivity contribution in [1.82, 2.24) is 15.0 Å². The zero-order valence-corrected chi connectivity index (χ0v) is 22.5. The van der Waals surface area contributed by atoms with E-state index in [-0.39, 0.29) is 35.7 Å². The lowest BCUT2D eigenvalue weighted by Crippen LogP contribution is -2.24. The Balaban J connectivity index is 1.45. The van der Waals surface area contributed by atoms with Crippen molar-refractivity contribution in [3.8, 4) is 28.5 Å². The summed E-state index contributed by atoms with van der Waals surface area (Å²) in [4.78, 5) is 38.7. The Morgan fingerprint density at radius 1 is 0.976 bits per heavy atom. The topological polar surface area (TPSA) is 103 Å². The van der Waals surface area contributed by atoms with Gasteiger partial charge in [-0.2, -0.15) is 0 Å². The van der Waals surface area contributed by atoms with Gasteiger partial charge in [-0.15, -0.1) is 0 Å². The number of carbonyl (C=O) groups is 1. The first-order valence-corrected chi connectivity index (χ1v) is 12.6. The van der Waals surface area contributed by atoms with Crippen LogP contribution in [-0.2, 0) is 17.8 Å². The Labute approximate surface area is 233 Å².